The van der Waals surface area contributed by atoms with Crippen LogP contribution in [0.2, 0.25) is 0 Å². The average molecular weight is 144 g/mol. The Morgan fingerprint density at radius 2 is 2.44 bits per heavy atom. The Bertz CT molecular complexity index is 146. The van der Waals surface area contributed by atoms with Crippen molar-refractivity contribution in [1.29, 1.82) is 0 Å². The molecule has 0 aliphatic heterocycles. The van der Waals surface area contributed by atoms with E-state index in [-0.39, 0.29) is 6.67 Å². The van der Waals surface area contributed by atoms with Crippen LogP contribution in [-0.4, -0.2) is 6.67 Å². The van der Waals surface area contributed by atoms with Gasteiger partial charge in [-0.2, -0.15) is 0 Å². The minimum atomic E-state index is -0.197. The summed E-state index contributed by atoms with van der Waals surface area (Å²) in [5.41, 5.74) is 0. The van der Waals surface area contributed by atoms with E-state index in [4.69, 9.17) is 0 Å². The number of halogens is 1. The van der Waals surface area contributed by atoms with Crippen molar-refractivity contribution in [2.45, 2.75) is 12.8 Å². The van der Waals surface area contributed by atoms with Gasteiger partial charge in [-0.3, -0.25) is 4.39 Å². The Kier molecular flexibility index (Phi) is 2.71. The van der Waals surface area contributed by atoms with Crippen LogP contribution in [-0.2, 0) is 6.42 Å². The number of aryl methyl sites for hydroxylation is 1. The highest BCUT2D eigenvalue weighted by atomic mass is 32.1. The summed E-state index contributed by atoms with van der Waals surface area (Å²) < 4.78 is 11.6. The van der Waals surface area contributed by atoms with Gasteiger partial charge in [0.15, 0.2) is 0 Å². The van der Waals surface area contributed by atoms with Gasteiger partial charge in [-0.1, -0.05) is 6.07 Å². The molecule has 0 saturated heterocycles. The SMILES string of the molecule is FCCCc1cccs1. The van der Waals surface area contributed by atoms with Crippen LogP contribution in [0.25, 0.3) is 0 Å². The van der Waals surface area contributed by atoms with Crippen LogP contribution in [0.4, 0.5) is 4.39 Å². The van der Waals surface area contributed by atoms with E-state index in [1.54, 1.807) is 11.3 Å². The van der Waals surface area contributed by atoms with Gasteiger partial charge in [-0.15, -0.1) is 11.3 Å². The van der Waals surface area contributed by atoms with Crippen molar-refractivity contribution >= 4 is 11.3 Å². The van der Waals surface area contributed by atoms with Crippen molar-refractivity contribution in [2.24, 2.45) is 0 Å². The Morgan fingerprint density at radius 3 is 3.00 bits per heavy atom. The molecule has 0 nitrogen and oxygen atoms in total. The number of thiophene rings is 1. The molecule has 0 fully saturated rings. The summed E-state index contributed by atoms with van der Waals surface area (Å²) in [5.74, 6) is 0. The first kappa shape index (κ1) is 6.75. The van der Waals surface area contributed by atoms with E-state index < -0.39 is 0 Å². The molecular weight excluding hydrogens is 135 g/mol. The molecule has 0 aromatic carbocycles. The maximum absolute atomic E-state index is 11.6. The molecular formula is C7H9FS. The molecule has 1 aromatic heterocycles. The molecule has 0 unspecified atom stereocenters. The first-order valence-electron chi connectivity index (χ1n) is 3.02. The number of hydrogen-bond acceptors (Lipinski definition) is 1. The number of rotatable bonds is 3. The second-order valence-electron chi connectivity index (χ2n) is 1.87. The van der Waals surface area contributed by atoms with Crippen LogP contribution >= 0.6 is 11.3 Å². The fourth-order valence-electron chi connectivity index (χ4n) is 0.696. The van der Waals surface area contributed by atoms with Gasteiger partial charge in [0.1, 0.15) is 0 Å². The van der Waals surface area contributed by atoms with Gasteiger partial charge in [0, 0.05) is 4.88 Å². The molecule has 0 saturated carbocycles. The predicted molar refractivity (Wildman–Crippen MR) is 38.6 cm³/mol. The number of hydrogen-bond donors (Lipinski definition) is 0. The summed E-state index contributed by atoms with van der Waals surface area (Å²) in [6.45, 7) is -0.197. The lowest BCUT2D eigenvalue weighted by Gasteiger charge is -1.88. The van der Waals surface area contributed by atoms with Crippen molar-refractivity contribution in [2.75, 3.05) is 6.67 Å². The fourth-order valence-corrected chi connectivity index (χ4v) is 1.45. The first-order valence-corrected chi connectivity index (χ1v) is 3.90. The summed E-state index contributed by atoms with van der Waals surface area (Å²) in [6.07, 6.45) is 1.56. The maximum atomic E-state index is 11.6. The lowest BCUT2D eigenvalue weighted by Crippen LogP contribution is -1.80. The van der Waals surface area contributed by atoms with Gasteiger partial charge in [-0.25, -0.2) is 0 Å². The van der Waals surface area contributed by atoms with Crippen LogP contribution in [0.5, 0.6) is 0 Å². The van der Waals surface area contributed by atoms with Crippen molar-refractivity contribution < 1.29 is 4.39 Å². The largest absolute Gasteiger partial charge is 0.251 e. The van der Waals surface area contributed by atoms with Crippen LogP contribution in [0.1, 0.15) is 11.3 Å². The van der Waals surface area contributed by atoms with E-state index in [1.165, 1.54) is 4.88 Å². The van der Waals surface area contributed by atoms with Gasteiger partial charge in [0.2, 0.25) is 0 Å². The van der Waals surface area contributed by atoms with Gasteiger partial charge in [-0.05, 0) is 24.3 Å². The van der Waals surface area contributed by atoms with Crippen molar-refractivity contribution in [3.8, 4) is 0 Å². The van der Waals surface area contributed by atoms with Crippen molar-refractivity contribution in [1.82, 2.24) is 0 Å². The van der Waals surface area contributed by atoms with E-state index in [9.17, 15) is 4.39 Å². The second-order valence-corrected chi connectivity index (χ2v) is 2.90. The van der Waals surface area contributed by atoms with Crippen molar-refractivity contribution in [3.63, 3.8) is 0 Å². The standard InChI is InChI=1S/C7H9FS/c8-5-1-3-7-4-2-6-9-7/h2,4,6H,1,3,5H2. The summed E-state index contributed by atoms with van der Waals surface area (Å²) >= 11 is 1.70. The third-order valence-corrected chi connectivity index (χ3v) is 2.07. The highest BCUT2D eigenvalue weighted by molar-refractivity contribution is 7.09. The molecule has 0 amide bonds. The van der Waals surface area contributed by atoms with E-state index in [0.717, 1.165) is 6.42 Å². The normalized spacial score (nSPS) is 9.89. The van der Waals surface area contributed by atoms with Gasteiger partial charge < -0.3 is 0 Å². The van der Waals surface area contributed by atoms with Gasteiger partial charge in [0.25, 0.3) is 0 Å². The summed E-state index contributed by atoms with van der Waals surface area (Å²) in [4.78, 5) is 1.28. The first-order chi connectivity index (χ1) is 4.43. The van der Waals surface area contributed by atoms with Crippen LogP contribution in [0.15, 0.2) is 17.5 Å². The van der Waals surface area contributed by atoms with Crippen LogP contribution in [0.3, 0.4) is 0 Å². The number of alkyl halides is 1. The van der Waals surface area contributed by atoms with E-state index >= 15 is 0 Å². The fraction of sp³-hybridized carbons (Fsp3) is 0.429. The molecule has 1 aromatic rings. The summed E-state index contributed by atoms with van der Waals surface area (Å²) in [6, 6.07) is 4.04. The Morgan fingerprint density at radius 1 is 1.56 bits per heavy atom. The highest BCUT2D eigenvalue weighted by Crippen LogP contribution is 2.10. The smallest absolute Gasteiger partial charge is 0.0897 e. The second kappa shape index (κ2) is 3.62. The Labute approximate surface area is 58.3 Å². The average Bonchev–Trinajstić information content (AvgIpc) is 2.34. The molecule has 1 rings (SSSR count). The van der Waals surface area contributed by atoms with E-state index in [2.05, 4.69) is 0 Å². The summed E-state index contributed by atoms with van der Waals surface area (Å²) in [5, 5.41) is 2.02. The van der Waals surface area contributed by atoms with Crippen LogP contribution in [0, 0.1) is 0 Å². The molecule has 0 radical (unpaired) electrons. The molecule has 0 aliphatic carbocycles. The Balaban J connectivity index is 2.30. The van der Waals surface area contributed by atoms with Crippen LogP contribution < -0.4 is 0 Å². The zero-order valence-corrected chi connectivity index (χ0v) is 5.96. The predicted octanol–water partition coefficient (Wildman–Crippen LogP) is 2.65. The van der Waals surface area contributed by atoms with E-state index in [0.29, 0.717) is 6.42 Å². The molecule has 1 heterocycles. The third-order valence-electron chi connectivity index (χ3n) is 1.14. The highest BCUT2D eigenvalue weighted by Gasteiger charge is 1.90. The molecule has 0 spiro atoms. The van der Waals surface area contributed by atoms with E-state index in [1.807, 2.05) is 17.5 Å². The Hall–Kier alpha value is -0.370. The molecule has 0 aliphatic rings. The molecule has 0 atom stereocenters. The zero-order chi connectivity index (χ0) is 6.53. The molecule has 2 heteroatoms. The molecule has 0 bridgehead atoms. The molecule has 9 heavy (non-hydrogen) atoms. The lowest BCUT2D eigenvalue weighted by atomic mass is 10.3. The van der Waals surface area contributed by atoms with Gasteiger partial charge >= 0.3 is 0 Å². The zero-order valence-electron chi connectivity index (χ0n) is 5.14. The summed E-state index contributed by atoms with van der Waals surface area (Å²) in [7, 11) is 0. The monoisotopic (exact) mass is 144 g/mol. The minimum Gasteiger partial charge on any atom is -0.251 e. The minimum absolute atomic E-state index is 0.197. The molecule has 0 N–H and O–H groups in total. The quantitative estimate of drug-likeness (QED) is 0.611. The maximum Gasteiger partial charge on any atom is 0.0897 e. The van der Waals surface area contributed by atoms with Gasteiger partial charge in [0.05, 0.1) is 6.67 Å². The van der Waals surface area contributed by atoms with Crippen molar-refractivity contribution in [3.05, 3.63) is 22.4 Å². The topological polar surface area (TPSA) is 0 Å². The lowest BCUT2D eigenvalue weighted by molar-refractivity contribution is 0.474. The molecule has 50 valence electrons. The third kappa shape index (κ3) is 2.14.